The Bertz CT molecular complexity index is 678. The van der Waals surface area contributed by atoms with Crippen LogP contribution in [0.5, 0.6) is 5.75 Å². The number of ether oxygens (including phenoxy) is 2. The summed E-state index contributed by atoms with van der Waals surface area (Å²) in [6, 6.07) is 7.22. The van der Waals surface area contributed by atoms with Crippen LogP contribution in [0.15, 0.2) is 18.2 Å². The molecule has 5 heteroatoms. The average molecular weight is 373 g/mol. The van der Waals surface area contributed by atoms with E-state index in [2.05, 4.69) is 30.0 Å². The lowest BCUT2D eigenvalue weighted by atomic mass is 9.77. The van der Waals surface area contributed by atoms with Crippen LogP contribution in [0.1, 0.15) is 56.2 Å². The van der Waals surface area contributed by atoms with E-state index in [1.54, 1.807) is 7.11 Å². The number of benzene rings is 1. The van der Waals surface area contributed by atoms with Gasteiger partial charge in [-0.25, -0.2) is 4.79 Å². The van der Waals surface area contributed by atoms with Gasteiger partial charge in [-0.05, 0) is 61.3 Å². The van der Waals surface area contributed by atoms with Crippen LogP contribution in [0.25, 0.3) is 0 Å². The van der Waals surface area contributed by atoms with Gasteiger partial charge in [-0.3, -0.25) is 4.90 Å². The number of carbonyl (C=O) groups is 1. The van der Waals surface area contributed by atoms with E-state index in [1.165, 1.54) is 17.5 Å². The van der Waals surface area contributed by atoms with Gasteiger partial charge < -0.3 is 14.4 Å². The molecule has 0 aliphatic carbocycles. The van der Waals surface area contributed by atoms with E-state index in [1.807, 2.05) is 4.90 Å². The second-order valence-electron chi connectivity index (χ2n) is 8.19. The maximum Gasteiger partial charge on any atom is 0.410 e. The first-order valence-electron chi connectivity index (χ1n) is 10.6. The first-order valence-corrected chi connectivity index (χ1v) is 10.6. The van der Waals surface area contributed by atoms with Gasteiger partial charge in [0.05, 0.1) is 13.7 Å². The van der Waals surface area contributed by atoms with Crippen LogP contribution in [0.3, 0.4) is 0 Å². The Morgan fingerprint density at radius 2 is 2.19 bits per heavy atom. The lowest BCUT2D eigenvalue weighted by Gasteiger charge is -2.51. The highest BCUT2D eigenvalue weighted by atomic mass is 16.6. The molecule has 3 aliphatic rings. The molecule has 0 aromatic heterocycles. The minimum atomic E-state index is -0.0997. The van der Waals surface area contributed by atoms with Gasteiger partial charge >= 0.3 is 6.09 Å². The summed E-state index contributed by atoms with van der Waals surface area (Å²) in [7, 11) is 1.73. The molecule has 5 nitrogen and oxygen atoms in total. The van der Waals surface area contributed by atoms with Gasteiger partial charge in [-0.15, -0.1) is 0 Å². The minimum absolute atomic E-state index is 0.0997. The highest BCUT2D eigenvalue weighted by Gasteiger charge is 2.44. The number of nitrogens with zero attached hydrogens (tertiary/aromatic N) is 2. The number of hydrogen-bond acceptors (Lipinski definition) is 4. The van der Waals surface area contributed by atoms with Gasteiger partial charge in [-0.2, -0.15) is 0 Å². The van der Waals surface area contributed by atoms with Gasteiger partial charge in [0.25, 0.3) is 0 Å². The van der Waals surface area contributed by atoms with E-state index in [4.69, 9.17) is 9.47 Å². The molecule has 1 aromatic rings. The Morgan fingerprint density at radius 1 is 1.30 bits per heavy atom. The predicted octanol–water partition coefficient (Wildman–Crippen LogP) is 4.02. The lowest BCUT2D eigenvalue weighted by Crippen LogP contribution is -2.57. The van der Waals surface area contributed by atoms with Crippen LogP contribution in [0, 0.1) is 5.92 Å². The molecule has 0 saturated carbocycles. The Kier molecular flexibility index (Phi) is 5.58. The molecule has 148 valence electrons. The smallest absolute Gasteiger partial charge is 0.410 e. The van der Waals surface area contributed by atoms with E-state index < -0.39 is 0 Å². The molecule has 3 aliphatic heterocycles. The van der Waals surface area contributed by atoms with E-state index >= 15 is 0 Å². The van der Waals surface area contributed by atoms with Crippen molar-refractivity contribution in [2.45, 2.75) is 57.5 Å². The first kappa shape index (κ1) is 18.6. The van der Waals surface area contributed by atoms with Crippen LogP contribution in [0.2, 0.25) is 0 Å². The number of fused-ring (bicyclic) bond motifs is 4. The van der Waals surface area contributed by atoms with Crippen molar-refractivity contribution in [3.05, 3.63) is 29.3 Å². The molecule has 2 fully saturated rings. The molecule has 1 amide bonds. The van der Waals surface area contributed by atoms with E-state index in [-0.39, 0.29) is 6.09 Å². The summed E-state index contributed by atoms with van der Waals surface area (Å²) in [6.45, 7) is 5.71. The fourth-order valence-corrected chi connectivity index (χ4v) is 5.17. The molecule has 4 rings (SSSR count). The van der Waals surface area contributed by atoms with Crippen LogP contribution >= 0.6 is 0 Å². The third-order valence-electron chi connectivity index (χ3n) is 6.63. The zero-order valence-corrected chi connectivity index (χ0v) is 16.7. The van der Waals surface area contributed by atoms with Crippen molar-refractivity contribution < 1.29 is 14.3 Å². The Hall–Kier alpha value is -1.75. The normalized spacial score (nSPS) is 27.3. The zero-order chi connectivity index (χ0) is 18.8. The third-order valence-corrected chi connectivity index (χ3v) is 6.63. The van der Waals surface area contributed by atoms with Crippen LogP contribution in [0.4, 0.5) is 4.79 Å². The van der Waals surface area contributed by atoms with Crippen molar-refractivity contribution in [2.24, 2.45) is 5.92 Å². The van der Waals surface area contributed by atoms with Gasteiger partial charge in [-0.1, -0.05) is 19.4 Å². The van der Waals surface area contributed by atoms with Crippen molar-refractivity contribution >= 4 is 6.09 Å². The SMILES string of the molecule is CCCCOC(=O)N1CCCC2CN3CCc4cc(OC)ccc4C3CC21. The number of piperidine rings is 2. The Labute approximate surface area is 162 Å². The molecule has 0 bridgehead atoms. The number of hydrogen-bond donors (Lipinski definition) is 0. The molecular formula is C22H32N2O3. The van der Waals surface area contributed by atoms with Crippen molar-refractivity contribution in [2.75, 3.05) is 33.4 Å². The molecule has 3 heterocycles. The number of unbranched alkanes of at least 4 members (excludes halogenated alkanes) is 1. The number of carbonyl (C=O) groups excluding carboxylic acids is 1. The second-order valence-corrected chi connectivity index (χ2v) is 8.19. The van der Waals surface area contributed by atoms with E-state index in [9.17, 15) is 4.79 Å². The van der Waals surface area contributed by atoms with Crippen molar-refractivity contribution in [1.29, 1.82) is 0 Å². The zero-order valence-electron chi connectivity index (χ0n) is 16.7. The molecule has 0 N–H and O–H groups in total. The molecule has 3 unspecified atom stereocenters. The molecule has 27 heavy (non-hydrogen) atoms. The van der Waals surface area contributed by atoms with E-state index in [0.29, 0.717) is 24.6 Å². The van der Waals surface area contributed by atoms with Gasteiger partial charge in [0.15, 0.2) is 0 Å². The second kappa shape index (κ2) is 8.09. The summed E-state index contributed by atoms with van der Waals surface area (Å²) in [5.74, 6) is 1.52. The van der Waals surface area contributed by atoms with Crippen molar-refractivity contribution in [1.82, 2.24) is 9.80 Å². The largest absolute Gasteiger partial charge is 0.497 e. The van der Waals surface area contributed by atoms with Crippen molar-refractivity contribution in [3.8, 4) is 5.75 Å². The van der Waals surface area contributed by atoms with Gasteiger partial charge in [0.2, 0.25) is 0 Å². The van der Waals surface area contributed by atoms with Crippen LogP contribution in [-0.4, -0.2) is 55.3 Å². The van der Waals surface area contributed by atoms with Crippen LogP contribution in [-0.2, 0) is 11.2 Å². The summed E-state index contributed by atoms with van der Waals surface area (Å²) in [5, 5.41) is 0. The summed E-state index contributed by atoms with van der Waals surface area (Å²) in [6.07, 6.45) is 6.32. The minimum Gasteiger partial charge on any atom is -0.497 e. The number of amides is 1. The monoisotopic (exact) mass is 372 g/mol. The summed E-state index contributed by atoms with van der Waals surface area (Å²) < 4.78 is 11.0. The standard InChI is InChI=1S/C22H32N2O3/c1-3-4-12-27-22(25)24-10-5-6-17-15-23-11-9-16-13-18(26-2)7-8-19(16)21(23)14-20(17)24/h7-8,13,17,20-21H,3-6,9-12,14-15H2,1-2H3. The molecule has 0 radical (unpaired) electrons. The summed E-state index contributed by atoms with van der Waals surface area (Å²) in [5.41, 5.74) is 2.83. The number of rotatable bonds is 4. The van der Waals surface area contributed by atoms with Crippen molar-refractivity contribution in [3.63, 3.8) is 0 Å². The molecule has 1 aromatic carbocycles. The fraction of sp³-hybridized carbons (Fsp3) is 0.682. The molecule has 3 atom stereocenters. The maximum absolute atomic E-state index is 12.7. The maximum atomic E-state index is 12.7. The van der Waals surface area contributed by atoms with Crippen LogP contribution < -0.4 is 4.74 Å². The molecular weight excluding hydrogens is 340 g/mol. The quantitative estimate of drug-likeness (QED) is 0.749. The van der Waals surface area contributed by atoms with E-state index in [0.717, 1.165) is 57.5 Å². The highest BCUT2D eigenvalue weighted by molar-refractivity contribution is 5.68. The third kappa shape index (κ3) is 3.66. The lowest BCUT2D eigenvalue weighted by molar-refractivity contribution is -0.0125. The molecule has 2 saturated heterocycles. The topological polar surface area (TPSA) is 42.0 Å². The highest BCUT2D eigenvalue weighted by Crippen LogP contribution is 2.43. The average Bonchev–Trinajstić information content (AvgIpc) is 2.71. The van der Waals surface area contributed by atoms with Gasteiger partial charge in [0.1, 0.15) is 5.75 Å². The Morgan fingerprint density at radius 3 is 3.00 bits per heavy atom. The predicted molar refractivity (Wildman–Crippen MR) is 105 cm³/mol. The molecule has 0 spiro atoms. The Balaban J connectivity index is 1.52. The number of likely N-dealkylation sites (tertiary alicyclic amines) is 1. The number of methoxy groups -OCH3 is 1. The fourth-order valence-electron chi connectivity index (χ4n) is 5.17. The first-order chi connectivity index (χ1) is 13.2. The van der Waals surface area contributed by atoms with Gasteiger partial charge in [0, 0.05) is 31.7 Å². The summed E-state index contributed by atoms with van der Waals surface area (Å²) in [4.78, 5) is 17.4. The summed E-state index contributed by atoms with van der Waals surface area (Å²) >= 11 is 0.